The summed E-state index contributed by atoms with van der Waals surface area (Å²) in [7, 11) is -3.17. The standard InChI is InChI=1S/C20H20N4O5S3/c25-18-14(11-15-19(26)24(20(30)31-15)13-4-10-32(27,28)12-13)17(22-6-8-29-9-7-22)21-16-3-1-2-5-23(16)18/h1-3,5,11,13H,4,6-10,12H2. The van der Waals surface area contributed by atoms with Crippen LogP contribution in [-0.4, -0.2) is 76.8 Å². The number of hydrogen-bond donors (Lipinski definition) is 0. The molecular formula is C20H20N4O5S3. The summed E-state index contributed by atoms with van der Waals surface area (Å²) in [5, 5.41) is 0. The number of ether oxygens (including phenoxy) is 1. The number of amides is 1. The Morgan fingerprint density at radius 1 is 1.22 bits per heavy atom. The molecule has 2 aromatic heterocycles. The number of pyridine rings is 1. The number of aromatic nitrogens is 2. The minimum atomic E-state index is -3.17. The molecule has 32 heavy (non-hydrogen) atoms. The quantitative estimate of drug-likeness (QED) is 0.457. The van der Waals surface area contributed by atoms with Crippen LogP contribution in [-0.2, 0) is 19.4 Å². The van der Waals surface area contributed by atoms with Crippen molar-refractivity contribution in [1.82, 2.24) is 14.3 Å². The molecule has 12 heteroatoms. The van der Waals surface area contributed by atoms with Crippen molar-refractivity contribution < 1.29 is 17.9 Å². The molecule has 3 aliphatic heterocycles. The maximum Gasteiger partial charge on any atom is 0.267 e. The summed E-state index contributed by atoms with van der Waals surface area (Å²) in [5.41, 5.74) is 0.529. The highest BCUT2D eigenvalue weighted by molar-refractivity contribution is 8.26. The number of carbonyl (C=O) groups is 1. The molecule has 3 fully saturated rings. The Hall–Kier alpha value is -2.28. The number of rotatable bonds is 3. The van der Waals surface area contributed by atoms with Gasteiger partial charge in [-0.15, -0.1) is 0 Å². The van der Waals surface area contributed by atoms with Gasteiger partial charge in [-0.3, -0.25) is 18.9 Å². The first-order valence-electron chi connectivity index (χ1n) is 10.2. The molecule has 0 N–H and O–H groups in total. The summed E-state index contributed by atoms with van der Waals surface area (Å²) in [6.45, 7) is 2.20. The van der Waals surface area contributed by atoms with E-state index < -0.39 is 15.9 Å². The van der Waals surface area contributed by atoms with Gasteiger partial charge in [-0.1, -0.05) is 30.0 Å². The van der Waals surface area contributed by atoms with Crippen LogP contribution in [0.5, 0.6) is 0 Å². The number of morpholine rings is 1. The van der Waals surface area contributed by atoms with Crippen LogP contribution in [0.1, 0.15) is 12.0 Å². The van der Waals surface area contributed by atoms with Crippen molar-refractivity contribution in [2.24, 2.45) is 0 Å². The van der Waals surface area contributed by atoms with E-state index in [-0.39, 0.29) is 23.0 Å². The van der Waals surface area contributed by atoms with Crippen LogP contribution in [0.2, 0.25) is 0 Å². The first-order valence-corrected chi connectivity index (χ1v) is 13.2. The van der Waals surface area contributed by atoms with Gasteiger partial charge in [0.15, 0.2) is 9.84 Å². The van der Waals surface area contributed by atoms with E-state index in [1.807, 2.05) is 11.0 Å². The lowest BCUT2D eigenvalue weighted by Crippen LogP contribution is -2.39. The van der Waals surface area contributed by atoms with Gasteiger partial charge in [0.25, 0.3) is 11.5 Å². The fourth-order valence-corrected chi connectivity index (χ4v) is 7.22. The largest absolute Gasteiger partial charge is 0.378 e. The Kier molecular flexibility index (Phi) is 5.56. The second kappa shape index (κ2) is 8.25. The molecule has 168 valence electrons. The number of hydrogen-bond acceptors (Lipinski definition) is 9. The van der Waals surface area contributed by atoms with E-state index in [1.54, 1.807) is 24.4 Å². The minimum Gasteiger partial charge on any atom is -0.378 e. The average molecular weight is 493 g/mol. The number of fused-ring (bicyclic) bond motifs is 1. The third-order valence-corrected chi connectivity index (χ3v) is 8.81. The van der Waals surface area contributed by atoms with Crippen molar-refractivity contribution in [2.45, 2.75) is 12.5 Å². The van der Waals surface area contributed by atoms with Crippen molar-refractivity contribution in [3.63, 3.8) is 0 Å². The molecule has 9 nitrogen and oxygen atoms in total. The molecule has 3 aliphatic rings. The van der Waals surface area contributed by atoms with Gasteiger partial charge in [-0.05, 0) is 24.6 Å². The molecule has 0 radical (unpaired) electrons. The lowest BCUT2D eigenvalue weighted by atomic mass is 10.2. The zero-order chi connectivity index (χ0) is 22.5. The zero-order valence-electron chi connectivity index (χ0n) is 17.0. The molecule has 5 heterocycles. The maximum atomic E-state index is 13.4. The van der Waals surface area contributed by atoms with Gasteiger partial charge in [-0.2, -0.15) is 0 Å². The van der Waals surface area contributed by atoms with Crippen LogP contribution in [0.3, 0.4) is 0 Å². The van der Waals surface area contributed by atoms with E-state index in [0.717, 1.165) is 11.8 Å². The van der Waals surface area contributed by atoms with Crippen LogP contribution >= 0.6 is 24.0 Å². The summed E-state index contributed by atoms with van der Waals surface area (Å²) in [6, 6.07) is 4.85. The fourth-order valence-electron chi connectivity index (χ4n) is 4.14. The van der Waals surface area contributed by atoms with Crippen LogP contribution in [0.25, 0.3) is 11.7 Å². The van der Waals surface area contributed by atoms with E-state index in [2.05, 4.69) is 0 Å². The fraction of sp³-hybridized carbons (Fsp3) is 0.400. The van der Waals surface area contributed by atoms with Crippen LogP contribution < -0.4 is 10.5 Å². The Balaban J connectivity index is 1.58. The van der Waals surface area contributed by atoms with Gasteiger partial charge < -0.3 is 9.64 Å². The van der Waals surface area contributed by atoms with E-state index in [1.165, 1.54) is 9.30 Å². The minimum absolute atomic E-state index is 0.0465. The Bertz CT molecular complexity index is 1310. The average Bonchev–Trinajstić information content (AvgIpc) is 3.27. The highest BCUT2D eigenvalue weighted by Crippen LogP contribution is 2.36. The molecule has 0 saturated carbocycles. The summed E-state index contributed by atoms with van der Waals surface area (Å²) in [4.78, 5) is 34.9. The van der Waals surface area contributed by atoms with Crippen molar-refractivity contribution in [2.75, 3.05) is 42.7 Å². The molecule has 0 aliphatic carbocycles. The number of sulfone groups is 1. The van der Waals surface area contributed by atoms with Crippen molar-refractivity contribution in [3.8, 4) is 0 Å². The first-order chi connectivity index (χ1) is 15.3. The van der Waals surface area contributed by atoms with E-state index >= 15 is 0 Å². The number of carbonyl (C=O) groups excluding carboxylic acids is 1. The zero-order valence-corrected chi connectivity index (χ0v) is 19.4. The van der Waals surface area contributed by atoms with Crippen molar-refractivity contribution >= 4 is 61.6 Å². The third kappa shape index (κ3) is 3.85. The second-order valence-corrected chi connectivity index (χ2v) is 11.7. The summed E-state index contributed by atoms with van der Waals surface area (Å²) in [6.07, 6.45) is 3.54. The monoisotopic (exact) mass is 492 g/mol. The second-order valence-electron chi connectivity index (χ2n) is 7.79. The normalized spacial score (nSPS) is 24.8. The molecule has 2 aromatic rings. The van der Waals surface area contributed by atoms with Gasteiger partial charge in [0.2, 0.25) is 0 Å². The van der Waals surface area contributed by atoms with Crippen molar-refractivity contribution in [3.05, 3.63) is 45.2 Å². The Morgan fingerprint density at radius 3 is 2.72 bits per heavy atom. The van der Waals surface area contributed by atoms with Crippen LogP contribution in [0, 0.1) is 0 Å². The van der Waals surface area contributed by atoms with E-state index in [0.29, 0.717) is 59.0 Å². The van der Waals surface area contributed by atoms with Gasteiger partial charge >= 0.3 is 0 Å². The van der Waals surface area contributed by atoms with Crippen LogP contribution in [0.4, 0.5) is 5.82 Å². The first kappa shape index (κ1) is 21.6. The predicted molar refractivity (Wildman–Crippen MR) is 127 cm³/mol. The number of nitrogens with zero attached hydrogens (tertiary/aromatic N) is 4. The molecular weight excluding hydrogens is 472 g/mol. The SMILES string of the molecule is O=C1C(=Cc2c(N3CCOCC3)nc3ccccn3c2=O)SC(=S)N1C1CCS(=O)(=O)C1. The number of thiocarbonyl (C=S) groups is 1. The molecule has 0 spiro atoms. The van der Waals surface area contributed by atoms with Crippen molar-refractivity contribution in [1.29, 1.82) is 0 Å². The van der Waals surface area contributed by atoms with Gasteiger partial charge in [0.05, 0.1) is 41.2 Å². The number of thioether (sulfide) groups is 1. The summed E-state index contributed by atoms with van der Waals surface area (Å²) < 4.78 is 31.0. The van der Waals surface area contributed by atoms with Crippen LogP contribution in [0.15, 0.2) is 34.1 Å². The molecule has 0 aromatic carbocycles. The Morgan fingerprint density at radius 2 is 2.00 bits per heavy atom. The topological polar surface area (TPSA) is 101 Å². The van der Waals surface area contributed by atoms with Gasteiger partial charge in [0, 0.05) is 19.3 Å². The van der Waals surface area contributed by atoms with E-state index in [4.69, 9.17) is 21.9 Å². The lowest BCUT2D eigenvalue weighted by Gasteiger charge is -2.29. The lowest BCUT2D eigenvalue weighted by molar-refractivity contribution is -0.123. The highest BCUT2D eigenvalue weighted by atomic mass is 32.2. The predicted octanol–water partition coefficient (Wildman–Crippen LogP) is 0.919. The smallest absolute Gasteiger partial charge is 0.267 e. The van der Waals surface area contributed by atoms with Gasteiger partial charge in [0.1, 0.15) is 15.8 Å². The maximum absolute atomic E-state index is 13.4. The third-order valence-electron chi connectivity index (χ3n) is 5.73. The molecule has 1 atom stereocenters. The molecule has 5 rings (SSSR count). The highest BCUT2D eigenvalue weighted by Gasteiger charge is 2.42. The number of anilines is 1. The van der Waals surface area contributed by atoms with Gasteiger partial charge in [-0.25, -0.2) is 13.4 Å². The molecule has 1 amide bonds. The molecule has 3 saturated heterocycles. The van der Waals surface area contributed by atoms with E-state index in [9.17, 15) is 18.0 Å². The molecule has 0 bridgehead atoms. The summed E-state index contributed by atoms with van der Waals surface area (Å²) >= 11 is 6.48. The Labute approximate surface area is 194 Å². The summed E-state index contributed by atoms with van der Waals surface area (Å²) in [5.74, 6) is 0.0856. The molecule has 1 unspecified atom stereocenters.